The molecule has 7 nitrogen and oxygen atoms in total. The number of hydrogen-bond donors (Lipinski definition) is 2. The maximum Gasteiger partial charge on any atom is 0.235 e. The van der Waals surface area contributed by atoms with E-state index in [1.165, 1.54) is 0 Å². The Hall–Kier alpha value is -3.16. The monoisotopic (exact) mass is 491 g/mol. The molecule has 1 amide bonds. The number of amides is 1. The van der Waals surface area contributed by atoms with Crippen LogP contribution < -0.4 is 15.5 Å². The van der Waals surface area contributed by atoms with E-state index in [0.29, 0.717) is 24.1 Å². The molecule has 1 saturated heterocycles. The van der Waals surface area contributed by atoms with E-state index in [1.54, 1.807) is 0 Å². The van der Waals surface area contributed by atoms with Crippen molar-refractivity contribution in [2.75, 3.05) is 41.8 Å². The van der Waals surface area contributed by atoms with Crippen molar-refractivity contribution in [3.8, 4) is 0 Å². The Morgan fingerprint density at radius 3 is 2.31 bits per heavy atom. The molecule has 2 aliphatic rings. The second-order valence-corrected chi connectivity index (χ2v) is 9.65. The Kier molecular flexibility index (Phi) is 6.88. The topological polar surface area (TPSA) is 79.4 Å². The zero-order valence-corrected chi connectivity index (χ0v) is 20.6. The van der Waals surface area contributed by atoms with Gasteiger partial charge < -0.3 is 20.3 Å². The third kappa shape index (κ3) is 5.26. The molecule has 0 spiro atoms. The lowest BCUT2D eigenvalue weighted by atomic mass is 9.78. The smallest absolute Gasteiger partial charge is 0.235 e. The third-order valence-electron chi connectivity index (χ3n) is 6.86. The van der Waals surface area contributed by atoms with Crippen LogP contribution in [-0.2, 0) is 14.9 Å². The molecule has 0 radical (unpaired) electrons. The van der Waals surface area contributed by atoms with Gasteiger partial charge in [-0.15, -0.1) is 0 Å². The highest BCUT2D eigenvalue weighted by Crippen LogP contribution is 2.42. The summed E-state index contributed by atoms with van der Waals surface area (Å²) in [6, 6.07) is 17.4. The van der Waals surface area contributed by atoms with E-state index >= 15 is 0 Å². The van der Waals surface area contributed by atoms with Gasteiger partial charge >= 0.3 is 0 Å². The fourth-order valence-corrected chi connectivity index (χ4v) is 5.13. The average molecular weight is 492 g/mol. The van der Waals surface area contributed by atoms with Crippen LogP contribution in [-0.4, -0.2) is 42.2 Å². The molecule has 0 unspecified atom stereocenters. The largest absolute Gasteiger partial charge is 0.378 e. The molecule has 1 saturated carbocycles. The van der Waals surface area contributed by atoms with Crippen LogP contribution in [0, 0.1) is 6.92 Å². The summed E-state index contributed by atoms with van der Waals surface area (Å²) in [5.74, 6) is 2.39. The first-order valence-corrected chi connectivity index (χ1v) is 12.5. The van der Waals surface area contributed by atoms with E-state index < -0.39 is 5.41 Å². The summed E-state index contributed by atoms with van der Waals surface area (Å²) in [5, 5.41) is 7.19. The summed E-state index contributed by atoms with van der Waals surface area (Å²) in [7, 11) is 0. The van der Waals surface area contributed by atoms with Crippen LogP contribution >= 0.6 is 11.6 Å². The molecule has 1 aliphatic carbocycles. The summed E-state index contributed by atoms with van der Waals surface area (Å²) in [6.45, 7) is 4.95. The second kappa shape index (κ2) is 10.2. The fraction of sp³-hybridized carbons (Fsp3) is 0.370. The summed E-state index contributed by atoms with van der Waals surface area (Å²) >= 11 is 6.08. The molecular formula is C27H30ClN5O2. The first-order chi connectivity index (χ1) is 17.0. The Bertz CT molecular complexity index is 1170. The normalized spacial score (nSPS) is 17.3. The van der Waals surface area contributed by atoms with E-state index in [4.69, 9.17) is 16.3 Å². The molecule has 1 aliphatic heterocycles. The van der Waals surface area contributed by atoms with Gasteiger partial charge in [0.25, 0.3) is 0 Å². The molecule has 2 fully saturated rings. The van der Waals surface area contributed by atoms with Gasteiger partial charge in [0, 0.05) is 35.6 Å². The Balaban J connectivity index is 1.28. The minimum atomic E-state index is -0.504. The number of rotatable bonds is 6. The van der Waals surface area contributed by atoms with Crippen LogP contribution in [0.1, 0.15) is 37.1 Å². The lowest BCUT2D eigenvalue weighted by molar-refractivity contribution is -0.121. The number of benzene rings is 2. The van der Waals surface area contributed by atoms with Crippen LogP contribution in [0.2, 0.25) is 5.02 Å². The molecule has 0 bridgehead atoms. The van der Waals surface area contributed by atoms with E-state index in [9.17, 15) is 4.79 Å². The van der Waals surface area contributed by atoms with Crippen LogP contribution in [0.5, 0.6) is 0 Å². The highest BCUT2D eigenvalue weighted by atomic mass is 35.5. The number of aryl methyl sites for hydroxylation is 1. The standard InChI is InChI=1S/C27H30ClN5O2/c1-19-29-24(18-25(30-19)33-14-16-35-17-15-33)31-22-8-10-23(11-9-22)32-26(34)27(12-2-3-13-27)20-4-6-21(28)7-5-20/h4-11,18H,2-3,12-17H2,1H3,(H,32,34)(H,29,30,31). The molecule has 2 N–H and O–H groups in total. The van der Waals surface area contributed by atoms with Gasteiger partial charge in [-0.1, -0.05) is 36.6 Å². The molecule has 35 heavy (non-hydrogen) atoms. The predicted octanol–water partition coefficient (Wildman–Crippen LogP) is 5.47. The van der Waals surface area contributed by atoms with Gasteiger partial charge in [-0.05, 0) is 61.7 Å². The molecule has 0 atom stereocenters. The molecule has 2 aromatic carbocycles. The highest BCUT2D eigenvalue weighted by molar-refractivity contribution is 6.30. The first-order valence-electron chi connectivity index (χ1n) is 12.1. The lowest BCUT2D eigenvalue weighted by Gasteiger charge is -2.28. The van der Waals surface area contributed by atoms with Crippen molar-refractivity contribution in [2.45, 2.75) is 38.0 Å². The number of carbonyl (C=O) groups is 1. The van der Waals surface area contributed by atoms with Crippen molar-refractivity contribution in [3.05, 3.63) is 71.0 Å². The lowest BCUT2D eigenvalue weighted by Crippen LogP contribution is -2.37. The molecule has 3 aromatic rings. The van der Waals surface area contributed by atoms with Gasteiger partial charge in [-0.25, -0.2) is 9.97 Å². The van der Waals surface area contributed by atoms with Crippen molar-refractivity contribution < 1.29 is 9.53 Å². The Morgan fingerprint density at radius 2 is 1.63 bits per heavy atom. The quantitative estimate of drug-likeness (QED) is 0.476. The molecule has 2 heterocycles. The molecular weight excluding hydrogens is 462 g/mol. The number of carbonyl (C=O) groups excluding carboxylic acids is 1. The maximum atomic E-state index is 13.4. The van der Waals surface area contributed by atoms with Gasteiger partial charge in [-0.3, -0.25) is 4.79 Å². The van der Waals surface area contributed by atoms with Gasteiger partial charge in [-0.2, -0.15) is 0 Å². The highest BCUT2D eigenvalue weighted by Gasteiger charge is 2.42. The Labute approximate surface area is 210 Å². The van der Waals surface area contributed by atoms with E-state index in [0.717, 1.165) is 67.3 Å². The summed E-state index contributed by atoms with van der Waals surface area (Å²) < 4.78 is 5.45. The average Bonchev–Trinajstić information content (AvgIpc) is 3.37. The number of aromatic nitrogens is 2. The number of anilines is 4. The molecule has 1 aromatic heterocycles. The number of morpholine rings is 1. The van der Waals surface area contributed by atoms with Crippen molar-refractivity contribution in [3.63, 3.8) is 0 Å². The molecule has 5 rings (SSSR count). The summed E-state index contributed by atoms with van der Waals surface area (Å²) in [5.41, 5.74) is 2.19. The van der Waals surface area contributed by atoms with Gasteiger partial charge in [0.05, 0.1) is 18.6 Å². The van der Waals surface area contributed by atoms with E-state index in [2.05, 4.69) is 25.5 Å². The zero-order chi connectivity index (χ0) is 24.3. The van der Waals surface area contributed by atoms with Gasteiger partial charge in [0.2, 0.25) is 5.91 Å². The van der Waals surface area contributed by atoms with Crippen LogP contribution in [0.15, 0.2) is 54.6 Å². The minimum Gasteiger partial charge on any atom is -0.378 e. The molecule has 8 heteroatoms. The second-order valence-electron chi connectivity index (χ2n) is 9.21. The zero-order valence-electron chi connectivity index (χ0n) is 19.9. The maximum absolute atomic E-state index is 13.4. The number of nitrogens with one attached hydrogen (secondary N) is 2. The number of halogens is 1. The summed E-state index contributed by atoms with van der Waals surface area (Å²) in [4.78, 5) is 24.8. The van der Waals surface area contributed by atoms with Gasteiger partial charge in [0.1, 0.15) is 17.5 Å². The fourth-order valence-electron chi connectivity index (χ4n) is 5.00. The van der Waals surface area contributed by atoms with E-state index in [1.807, 2.05) is 61.5 Å². The number of nitrogens with zero attached hydrogens (tertiary/aromatic N) is 3. The predicted molar refractivity (Wildman–Crippen MR) is 140 cm³/mol. The van der Waals surface area contributed by atoms with Crippen molar-refractivity contribution in [1.82, 2.24) is 9.97 Å². The van der Waals surface area contributed by atoms with Crippen molar-refractivity contribution in [1.29, 1.82) is 0 Å². The van der Waals surface area contributed by atoms with Crippen LogP contribution in [0.3, 0.4) is 0 Å². The van der Waals surface area contributed by atoms with Gasteiger partial charge in [0.15, 0.2) is 0 Å². The van der Waals surface area contributed by atoms with Crippen LogP contribution in [0.25, 0.3) is 0 Å². The number of ether oxygens (including phenoxy) is 1. The SMILES string of the molecule is Cc1nc(Nc2ccc(NC(=O)C3(c4ccc(Cl)cc4)CCCC3)cc2)cc(N2CCOCC2)n1. The van der Waals surface area contributed by atoms with Crippen molar-refractivity contribution in [2.24, 2.45) is 0 Å². The number of hydrogen-bond acceptors (Lipinski definition) is 6. The van der Waals surface area contributed by atoms with E-state index in [-0.39, 0.29) is 5.91 Å². The third-order valence-corrected chi connectivity index (χ3v) is 7.12. The summed E-state index contributed by atoms with van der Waals surface area (Å²) in [6.07, 6.45) is 3.78. The minimum absolute atomic E-state index is 0.0413. The van der Waals surface area contributed by atoms with Crippen molar-refractivity contribution >= 4 is 40.5 Å². The van der Waals surface area contributed by atoms with Crippen LogP contribution in [0.4, 0.5) is 23.0 Å². The first kappa shape index (κ1) is 23.6. The Morgan fingerprint density at radius 1 is 0.971 bits per heavy atom. The molecule has 182 valence electrons.